The molecule has 1 N–H and O–H groups in total. The molecule has 4 rings (SSSR count). The van der Waals surface area contributed by atoms with Crippen LogP contribution < -0.4 is 5.32 Å². The number of likely N-dealkylation sites (tertiary alicyclic amines) is 1. The van der Waals surface area contributed by atoms with E-state index in [1.54, 1.807) is 42.5 Å². The van der Waals surface area contributed by atoms with Gasteiger partial charge in [0.05, 0.1) is 5.92 Å². The SMILES string of the molecule is O=C(NCc1ccccc1F)C1CCCN(C2=NS(=O)(=O)c3ccccc32)C1. The van der Waals surface area contributed by atoms with Gasteiger partial charge in [0.25, 0.3) is 10.0 Å². The summed E-state index contributed by atoms with van der Waals surface area (Å²) < 4.78 is 42.2. The second kappa shape index (κ2) is 7.35. The Morgan fingerprint density at radius 1 is 1.18 bits per heavy atom. The summed E-state index contributed by atoms with van der Waals surface area (Å²) >= 11 is 0. The molecule has 1 saturated heterocycles. The highest BCUT2D eigenvalue weighted by Gasteiger charge is 2.35. The first kappa shape index (κ1) is 18.6. The lowest BCUT2D eigenvalue weighted by atomic mass is 9.96. The smallest absolute Gasteiger partial charge is 0.285 e. The second-order valence-corrected chi connectivity index (χ2v) is 8.55. The molecule has 0 aliphatic carbocycles. The molecular formula is C20H20FN3O3S. The molecule has 2 heterocycles. The Hall–Kier alpha value is -2.74. The Labute approximate surface area is 163 Å². The van der Waals surface area contributed by atoms with E-state index >= 15 is 0 Å². The zero-order chi connectivity index (χ0) is 19.7. The highest BCUT2D eigenvalue weighted by molar-refractivity contribution is 7.90. The average molecular weight is 401 g/mol. The number of sulfonamides is 1. The van der Waals surface area contributed by atoms with E-state index in [0.717, 1.165) is 6.42 Å². The summed E-state index contributed by atoms with van der Waals surface area (Å²) in [7, 11) is -3.69. The Bertz CT molecular complexity index is 1050. The fourth-order valence-electron chi connectivity index (χ4n) is 3.67. The largest absolute Gasteiger partial charge is 0.355 e. The van der Waals surface area contributed by atoms with Gasteiger partial charge in [-0.05, 0) is 31.0 Å². The molecule has 2 aliphatic rings. The van der Waals surface area contributed by atoms with Crippen LogP contribution in [0.4, 0.5) is 4.39 Å². The van der Waals surface area contributed by atoms with E-state index in [0.29, 0.717) is 36.5 Å². The van der Waals surface area contributed by atoms with Crippen LogP contribution in [-0.4, -0.2) is 38.2 Å². The second-order valence-electron chi connectivity index (χ2n) is 6.98. The summed E-state index contributed by atoms with van der Waals surface area (Å²) in [4.78, 5) is 14.7. The van der Waals surface area contributed by atoms with Crippen molar-refractivity contribution >= 4 is 21.8 Å². The third-order valence-electron chi connectivity index (χ3n) is 5.12. The Balaban J connectivity index is 1.47. The minimum atomic E-state index is -3.69. The molecule has 2 aromatic rings. The van der Waals surface area contributed by atoms with Crippen LogP contribution in [0.3, 0.4) is 0 Å². The van der Waals surface area contributed by atoms with Crippen molar-refractivity contribution in [1.82, 2.24) is 10.2 Å². The summed E-state index contributed by atoms with van der Waals surface area (Å²) in [5, 5.41) is 2.79. The predicted molar refractivity (Wildman–Crippen MR) is 103 cm³/mol. The van der Waals surface area contributed by atoms with Crippen LogP contribution in [0.2, 0.25) is 0 Å². The Kier molecular flexibility index (Phi) is 4.89. The molecule has 0 spiro atoms. The number of hydrogen-bond acceptors (Lipinski definition) is 4. The third kappa shape index (κ3) is 3.52. The number of rotatable bonds is 3. The lowest BCUT2D eigenvalue weighted by molar-refractivity contribution is -0.126. The van der Waals surface area contributed by atoms with E-state index in [-0.39, 0.29) is 29.1 Å². The van der Waals surface area contributed by atoms with Crippen molar-refractivity contribution in [3.05, 3.63) is 65.5 Å². The average Bonchev–Trinajstić information content (AvgIpc) is 2.99. The predicted octanol–water partition coefficient (Wildman–Crippen LogP) is 2.30. The van der Waals surface area contributed by atoms with Gasteiger partial charge < -0.3 is 10.2 Å². The number of hydrogen-bond donors (Lipinski definition) is 1. The van der Waals surface area contributed by atoms with Gasteiger partial charge in [-0.15, -0.1) is 4.40 Å². The highest BCUT2D eigenvalue weighted by atomic mass is 32.2. The van der Waals surface area contributed by atoms with Gasteiger partial charge in [-0.3, -0.25) is 4.79 Å². The molecule has 0 radical (unpaired) electrons. The summed E-state index contributed by atoms with van der Waals surface area (Å²) in [6, 6.07) is 13.1. The molecule has 2 aromatic carbocycles. The van der Waals surface area contributed by atoms with Crippen LogP contribution in [0.5, 0.6) is 0 Å². The van der Waals surface area contributed by atoms with Crippen molar-refractivity contribution in [2.75, 3.05) is 13.1 Å². The normalized spacial score (nSPS) is 20.4. The van der Waals surface area contributed by atoms with Crippen LogP contribution in [0.25, 0.3) is 0 Å². The van der Waals surface area contributed by atoms with Crippen molar-refractivity contribution in [2.45, 2.75) is 24.3 Å². The molecular weight excluding hydrogens is 381 g/mol. The van der Waals surface area contributed by atoms with Crippen LogP contribution in [0.15, 0.2) is 57.8 Å². The van der Waals surface area contributed by atoms with Gasteiger partial charge in [0, 0.05) is 30.8 Å². The lowest BCUT2D eigenvalue weighted by Gasteiger charge is -2.33. The molecule has 1 unspecified atom stereocenters. The molecule has 0 saturated carbocycles. The van der Waals surface area contributed by atoms with Crippen molar-refractivity contribution in [3.8, 4) is 0 Å². The number of nitrogens with one attached hydrogen (secondary N) is 1. The number of fused-ring (bicyclic) bond motifs is 1. The first-order chi connectivity index (χ1) is 13.5. The van der Waals surface area contributed by atoms with Crippen molar-refractivity contribution in [2.24, 2.45) is 10.3 Å². The zero-order valence-electron chi connectivity index (χ0n) is 15.1. The molecule has 0 bridgehead atoms. The minimum absolute atomic E-state index is 0.125. The fraction of sp³-hybridized carbons (Fsp3) is 0.300. The molecule has 8 heteroatoms. The summed E-state index contributed by atoms with van der Waals surface area (Å²) in [5.74, 6) is -0.418. The number of benzene rings is 2. The van der Waals surface area contributed by atoms with E-state index in [1.165, 1.54) is 6.07 Å². The summed E-state index contributed by atoms with van der Waals surface area (Å²) in [5.41, 5.74) is 1.01. The molecule has 2 aliphatic heterocycles. The van der Waals surface area contributed by atoms with Gasteiger partial charge in [0.1, 0.15) is 10.7 Å². The number of amidine groups is 1. The molecule has 1 atom stereocenters. The van der Waals surface area contributed by atoms with Crippen LogP contribution >= 0.6 is 0 Å². The van der Waals surface area contributed by atoms with Crippen LogP contribution in [0, 0.1) is 11.7 Å². The van der Waals surface area contributed by atoms with Gasteiger partial charge in [-0.1, -0.05) is 30.3 Å². The van der Waals surface area contributed by atoms with Crippen LogP contribution in [-0.2, 0) is 21.4 Å². The summed E-state index contributed by atoms with van der Waals surface area (Å²) in [6.07, 6.45) is 1.44. The van der Waals surface area contributed by atoms with Crippen molar-refractivity contribution in [3.63, 3.8) is 0 Å². The Morgan fingerprint density at radius 3 is 2.75 bits per heavy atom. The first-order valence-corrected chi connectivity index (χ1v) is 10.6. The third-order valence-corrected chi connectivity index (χ3v) is 6.44. The molecule has 6 nitrogen and oxygen atoms in total. The van der Waals surface area contributed by atoms with E-state index in [9.17, 15) is 17.6 Å². The van der Waals surface area contributed by atoms with Crippen molar-refractivity contribution in [1.29, 1.82) is 0 Å². The number of piperidine rings is 1. The summed E-state index contributed by atoms with van der Waals surface area (Å²) in [6.45, 7) is 1.14. The molecule has 1 fully saturated rings. The van der Waals surface area contributed by atoms with Gasteiger partial charge in [0.2, 0.25) is 5.91 Å². The van der Waals surface area contributed by atoms with Gasteiger partial charge >= 0.3 is 0 Å². The maximum atomic E-state index is 13.7. The quantitative estimate of drug-likeness (QED) is 0.856. The van der Waals surface area contributed by atoms with Gasteiger partial charge in [0.15, 0.2) is 5.84 Å². The maximum absolute atomic E-state index is 13.7. The lowest BCUT2D eigenvalue weighted by Crippen LogP contribution is -2.45. The Morgan fingerprint density at radius 2 is 1.93 bits per heavy atom. The number of carbonyl (C=O) groups excluding carboxylic acids is 1. The van der Waals surface area contributed by atoms with E-state index in [1.807, 2.05) is 4.90 Å². The monoisotopic (exact) mass is 401 g/mol. The van der Waals surface area contributed by atoms with E-state index in [2.05, 4.69) is 9.71 Å². The standard InChI is InChI=1S/C20H20FN3O3S/c21-17-9-3-1-6-14(17)12-22-20(25)15-7-5-11-24(13-15)19-16-8-2-4-10-18(16)28(26,27)23-19/h1-4,6,8-10,15H,5,7,11-13H2,(H,22,25). The number of amides is 1. The highest BCUT2D eigenvalue weighted by Crippen LogP contribution is 2.29. The van der Waals surface area contributed by atoms with Gasteiger partial charge in [-0.25, -0.2) is 4.39 Å². The maximum Gasteiger partial charge on any atom is 0.285 e. The van der Waals surface area contributed by atoms with Crippen molar-refractivity contribution < 1.29 is 17.6 Å². The number of nitrogens with zero attached hydrogens (tertiary/aromatic N) is 2. The number of halogens is 1. The first-order valence-electron chi connectivity index (χ1n) is 9.16. The molecule has 1 amide bonds. The zero-order valence-corrected chi connectivity index (χ0v) is 16.0. The molecule has 0 aromatic heterocycles. The molecule has 28 heavy (non-hydrogen) atoms. The van der Waals surface area contributed by atoms with E-state index in [4.69, 9.17) is 0 Å². The van der Waals surface area contributed by atoms with E-state index < -0.39 is 10.0 Å². The fourth-order valence-corrected chi connectivity index (χ4v) is 4.90. The van der Waals surface area contributed by atoms with Crippen LogP contribution in [0.1, 0.15) is 24.0 Å². The topological polar surface area (TPSA) is 78.8 Å². The molecule has 146 valence electrons. The number of carbonyl (C=O) groups is 1. The minimum Gasteiger partial charge on any atom is -0.355 e. The van der Waals surface area contributed by atoms with Gasteiger partial charge in [-0.2, -0.15) is 8.42 Å².